The normalized spacial score (nSPS) is 19.4. The molecular formula is C23H33N3O6Ru. The largest absolute Gasteiger partial charge is 0.481 e. The summed E-state index contributed by atoms with van der Waals surface area (Å²) in [7, 11) is 0. The molecule has 9 nitrogen and oxygen atoms in total. The van der Waals surface area contributed by atoms with E-state index in [9.17, 15) is 19.2 Å². The molecule has 0 bridgehead atoms. The zero-order valence-electron chi connectivity index (χ0n) is 19.7. The van der Waals surface area contributed by atoms with Gasteiger partial charge < -0.3 is 24.9 Å². The summed E-state index contributed by atoms with van der Waals surface area (Å²) in [5.41, 5.74) is 0.636. The van der Waals surface area contributed by atoms with Crippen LogP contribution in [0.2, 0.25) is 0 Å². The molecule has 4 aliphatic rings. The van der Waals surface area contributed by atoms with Crippen molar-refractivity contribution in [3.8, 4) is 0 Å². The number of hydrogen-bond donors (Lipinski definition) is 2. The Labute approximate surface area is 207 Å². The summed E-state index contributed by atoms with van der Waals surface area (Å²) >= 11 is 0. The van der Waals surface area contributed by atoms with Crippen LogP contribution in [0.3, 0.4) is 0 Å². The van der Waals surface area contributed by atoms with Crippen LogP contribution in [0.1, 0.15) is 47.0 Å². The molecule has 3 heterocycles. The van der Waals surface area contributed by atoms with Crippen molar-refractivity contribution in [2.75, 3.05) is 39.3 Å². The van der Waals surface area contributed by atoms with Gasteiger partial charge in [-0.25, -0.2) is 0 Å². The van der Waals surface area contributed by atoms with Crippen LogP contribution in [0.15, 0.2) is 23.2 Å². The fraction of sp³-hybridized carbons (Fsp3) is 0.652. The third-order valence-corrected chi connectivity index (χ3v) is 6.91. The molecule has 0 atom stereocenters. The first-order valence-corrected chi connectivity index (χ1v) is 11.1. The number of carbonyl (C=O) groups excluding carboxylic acids is 2. The number of carboxylic acid groups (broad SMARTS) is 2. The smallest absolute Gasteiger partial charge is 0.309 e. The van der Waals surface area contributed by atoms with Gasteiger partial charge in [-0.05, 0) is 32.1 Å². The molecule has 184 valence electrons. The SMILES string of the molecule is CC(C)(CCCC(=O)O)C(C)(C)C(=O)O.O=C1C=C(N2CC2)C(=O)C(N2CC2)=C1N1CC1.[Ru]. The van der Waals surface area contributed by atoms with Crippen LogP contribution in [-0.4, -0.2) is 87.7 Å². The van der Waals surface area contributed by atoms with Gasteiger partial charge in [0.2, 0.25) is 11.6 Å². The fourth-order valence-corrected chi connectivity index (χ4v) is 3.56. The predicted molar refractivity (Wildman–Crippen MR) is 117 cm³/mol. The van der Waals surface area contributed by atoms with E-state index in [1.54, 1.807) is 13.8 Å². The van der Waals surface area contributed by atoms with Crippen LogP contribution < -0.4 is 0 Å². The van der Waals surface area contributed by atoms with Crippen LogP contribution in [-0.2, 0) is 38.7 Å². The maximum atomic E-state index is 12.4. The Bertz CT molecular complexity index is 896. The predicted octanol–water partition coefficient (Wildman–Crippen LogP) is 1.56. The van der Waals surface area contributed by atoms with E-state index in [4.69, 9.17) is 10.2 Å². The zero-order chi connectivity index (χ0) is 23.8. The number of Topliss-reactive ketones (excluding diaryl/α,β-unsaturated/α-hetero) is 1. The number of hydrogen-bond acceptors (Lipinski definition) is 7. The first-order chi connectivity index (χ1) is 14.9. The maximum absolute atomic E-state index is 12.4. The molecule has 0 aromatic carbocycles. The summed E-state index contributed by atoms with van der Waals surface area (Å²) in [5.74, 6) is -1.63. The maximum Gasteiger partial charge on any atom is 0.309 e. The summed E-state index contributed by atoms with van der Waals surface area (Å²) in [4.78, 5) is 51.9. The van der Waals surface area contributed by atoms with Crippen molar-refractivity contribution in [1.82, 2.24) is 14.7 Å². The summed E-state index contributed by atoms with van der Waals surface area (Å²) in [6.45, 7) is 12.5. The van der Waals surface area contributed by atoms with Crippen molar-refractivity contribution in [2.45, 2.75) is 47.0 Å². The van der Waals surface area contributed by atoms with Gasteiger partial charge in [0.25, 0.3) is 0 Å². The van der Waals surface area contributed by atoms with Gasteiger partial charge in [0.15, 0.2) is 0 Å². The Hall–Kier alpha value is -2.22. The topological polar surface area (TPSA) is 118 Å². The summed E-state index contributed by atoms with van der Waals surface area (Å²) in [6.07, 6.45) is 2.73. The number of carbonyl (C=O) groups is 4. The molecule has 10 heteroatoms. The number of aliphatic carboxylic acids is 2. The van der Waals surface area contributed by atoms with Crippen molar-refractivity contribution in [3.63, 3.8) is 0 Å². The number of carboxylic acids is 2. The molecule has 1 aliphatic carbocycles. The van der Waals surface area contributed by atoms with Gasteiger partial charge >= 0.3 is 11.9 Å². The third-order valence-electron chi connectivity index (χ3n) is 6.91. The van der Waals surface area contributed by atoms with Gasteiger partial charge in [-0.3, -0.25) is 19.2 Å². The molecule has 0 aromatic rings. The molecule has 0 aromatic heterocycles. The molecule has 3 saturated heterocycles. The van der Waals surface area contributed by atoms with Gasteiger partial charge in [-0.15, -0.1) is 0 Å². The summed E-state index contributed by atoms with van der Waals surface area (Å²) in [6, 6.07) is 0. The molecular weight excluding hydrogens is 515 g/mol. The number of nitrogens with zero attached hydrogens (tertiary/aromatic N) is 3. The molecule has 0 unspecified atom stereocenters. The molecule has 0 amide bonds. The zero-order valence-corrected chi connectivity index (χ0v) is 21.4. The van der Waals surface area contributed by atoms with Gasteiger partial charge in [-0.2, -0.15) is 0 Å². The van der Waals surface area contributed by atoms with Crippen LogP contribution in [0.5, 0.6) is 0 Å². The number of ketones is 2. The Balaban J connectivity index is 0.000000230. The van der Waals surface area contributed by atoms with Gasteiger partial charge in [0.1, 0.15) is 11.4 Å². The van der Waals surface area contributed by atoms with Gasteiger partial charge in [0.05, 0.1) is 11.1 Å². The molecule has 0 radical (unpaired) electrons. The van der Waals surface area contributed by atoms with Crippen molar-refractivity contribution in [1.29, 1.82) is 0 Å². The standard InChI is InChI=1S/C12H13N3O2.C11H20O4.Ru/c16-9-7-8(13-1-2-13)12(17)11(15-5-6-15)10(9)14-3-4-14;1-10(2,7-5-6-8(12)13)11(3,4)9(14)15;/h7H,1-6H2;5-7H2,1-4H3,(H,12,13)(H,14,15);. The first kappa shape index (κ1) is 27.0. The van der Waals surface area contributed by atoms with Crippen LogP contribution in [0.4, 0.5) is 0 Å². The minimum atomic E-state index is -0.845. The average Bonchev–Trinajstić information content (AvgIpc) is 3.55. The number of rotatable bonds is 9. The minimum absolute atomic E-state index is 0. The molecule has 2 N–H and O–H groups in total. The van der Waals surface area contributed by atoms with Gasteiger partial charge in [0, 0.05) is 71.2 Å². The minimum Gasteiger partial charge on any atom is -0.481 e. The molecule has 33 heavy (non-hydrogen) atoms. The van der Waals surface area contributed by atoms with Crippen molar-refractivity contribution < 1.29 is 48.9 Å². The van der Waals surface area contributed by atoms with Crippen LogP contribution >= 0.6 is 0 Å². The van der Waals surface area contributed by atoms with Gasteiger partial charge in [-0.1, -0.05) is 13.8 Å². The first-order valence-electron chi connectivity index (χ1n) is 11.1. The third kappa shape index (κ3) is 6.22. The second kappa shape index (κ2) is 9.96. The van der Waals surface area contributed by atoms with E-state index in [1.807, 2.05) is 28.5 Å². The van der Waals surface area contributed by atoms with Crippen molar-refractivity contribution in [3.05, 3.63) is 23.2 Å². The summed E-state index contributed by atoms with van der Waals surface area (Å²) < 4.78 is 0. The molecule has 3 fully saturated rings. The van der Waals surface area contributed by atoms with E-state index in [-0.39, 0.29) is 37.5 Å². The van der Waals surface area contributed by atoms with E-state index >= 15 is 0 Å². The molecule has 4 rings (SSSR count). The monoisotopic (exact) mass is 549 g/mol. The Morgan fingerprint density at radius 2 is 1.36 bits per heavy atom. The van der Waals surface area contributed by atoms with E-state index in [2.05, 4.69) is 0 Å². The fourth-order valence-electron chi connectivity index (χ4n) is 3.56. The Kier molecular flexibility index (Phi) is 8.16. The molecule has 3 aliphatic heterocycles. The number of allylic oxidation sites excluding steroid dienone is 1. The second-order valence-electron chi connectivity index (χ2n) is 9.94. The Morgan fingerprint density at radius 1 is 0.879 bits per heavy atom. The quantitative estimate of drug-likeness (QED) is 0.251. The van der Waals surface area contributed by atoms with E-state index in [0.29, 0.717) is 29.9 Å². The van der Waals surface area contributed by atoms with Crippen LogP contribution in [0.25, 0.3) is 0 Å². The van der Waals surface area contributed by atoms with E-state index < -0.39 is 22.8 Å². The second-order valence-corrected chi connectivity index (χ2v) is 9.94. The summed E-state index contributed by atoms with van der Waals surface area (Å²) in [5, 5.41) is 17.6. The van der Waals surface area contributed by atoms with E-state index in [0.717, 1.165) is 39.3 Å². The van der Waals surface area contributed by atoms with Crippen molar-refractivity contribution >= 4 is 23.5 Å². The van der Waals surface area contributed by atoms with Crippen LogP contribution in [0, 0.1) is 10.8 Å². The van der Waals surface area contributed by atoms with Crippen molar-refractivity contribution in [2.24, 2.45) is 10.8 Å². The average molecular weight is 549 g/mol. The Morgan fingerprint density at radius 3 is 1.79 bits per heavy atom. The molecule has 0 saturated carbocycles. The molecule has 0 spiro atoms. The van der Waals surface area contributed by atoms with E-state index in [1.165, 1.54) is 6.08 Å².